The molecule has 6 heteroatoms. The second-order valence-electron chi connectivity index (χ2n) is 8.54. The molecule has 0 fully saturated rings. The Kier molecular flexibility index (Phi) is 6.17. The monoisotopic (exact) mass is 482 g/mol. The van der Waals surface area contributed by atoms with Crippen LogP contribution in [0.3, 0.4) is 0 Å². The molecule has 0 amide bonds. The van der Waals surface area contributed by atoms with Gasteiger partial charge in [0.05, 0.1) is 20.1 Å². The molecular formula is C30H26O6. The molecule has 0 saturated carbocycles. The fourth-order valence-corrected chi connectivity index (χ4v) is 4.68. The van der Waals surface area contributed by atoms with E-state index in [0.29, 0.717) is 22.6 Å². The van der Waals surface area contributed by atoms with E-state index >= 15 is 0 Å². The van der Waals surface area contributed by atoms with Gasteiger partial charge in [0.1, 0.15) is 23.4 Å². The first kappa shape index (κ1) is 23.2. The van der Waals surface area contributed by atoms with Crippen LogP contribution in [0, 0.1) is 0 Å². The van der Waals surface area contributed by atoms with Crippen LogP contribution < -0.4 is 14.2 Å². The lowest BCUT2D eigenvalue weighted by Gasteiger charge is -2.22. The highest BCUT2D eigenvalue weighted by Crippen LogP contribution is 2.55. The molecule has 0 aliphatic carbocycles. The fourth-order valence-electron chi connectivity index (χ4n) is 4.68. The van der Waals surface area contributed by atoms with Gasteiger partial charge < -0.3 is 29.5 Å². The standard InChI is InChI=1S/C30H26O6/c1-34-21-14-19(13-12-18-8-4-3-5-9-18)27-25(17-21)36-30(28(27)22-10-6-7-11-23(22)31)20-15-24(32)29(33)26(16-20)35-2/h3-17,28,30-33H,1-2H3. The molecule has 3 N–H and O–H groups in total. The van der Waals surface area contributed by atoms with Gasteiger partial charge in [-0.1, -0.05) is 60.7 Å². The molecular weight excluding hydrogens is 456 g/mol. The van der Waals surface area contributed by atoms with Gasteiger partial charge >= 0.3 is 0 Å². The lowest BCUT2D eigenvalue weighted by molar-refractivity contribution is 0.218. The minimum atomic E-state index is -0.621. The van der Waals surface area contributed by atoms with E-state index in [0.717, 1.165) is 16.7 Å². The summed E-state index contributed by atoms with van der Waals surface area (Å²) < 4.78 is 17.3. The van der Waals surface area contributed by atoms with Crippen molar-refractivity contribution in [2.45, 2.75) is 12.0 Å². The maximum absolute atomic E-state index is 10.8. The van der Waals surface area contributed by atoms with Crippen molar-refractivity contribution in [1.82, 2.24) is 0 Å². The van der Waals surface area contributed by atoms with Crippen molar-refractivity contribution in [3.63, 3.8) is 0 Å². The Bertz CT molecular complexity index is 1430. The first-order valence-electron chi connectivity index (χ1n) is 11.5. The summed E-state index contributed by atoms with van der Waals surface area (Å²) in [6.07, 6.45) is 3.40. The number of fused-ring (bicyclic) bond motifs is 1. The summed E-state index contributed by atoms with van der Waals surface area (Å²) in [4.78, 5) is 0. The summed E-state index contributed by atoms with van der Waals surface area (Å²) in [7, 11) is 3.02. The van der Waals surface area contributed by atoms with E-state index < -0.39 is 12.0 Å². The van der Waals surface area contributed by atoms with Crippen LogP contribution in [0.5, 0.6) is 34.5 Å². The summed E-state index contributed by atoms with van der Waals surface area (Å²) in [5.41, 5.74) is 4.05. The minimum absolute atomic E-state index is 0.127. The fraction of sp³-hybridized carbons (Fsp3) is 0.133. The predicted molar refractivity (Wildman–Crippen MR) is 138 cm³/mol. The maximum atomic E-state index is 10.8. The van der Waals surface area contributed by atoms with Crippen molar-refractivity contribution in [2.24, 2.45) is 0 Å². The Labute approximate surface area is 209 Å². The number of benzene rings is 4. The Balaban J connectivity index is 1.71. The van der Waals surface area contributed by atoms with E-state index in [9.17, 15) is 15.3 Å². The Morgan fingerprint density at radius 2 is 1.53 bits per heavy atom. The SMILES string of the molecule is COc1cc(C=Cc2ccccc2)c2c(c1)OC(c1cc(O)c(O)c(OC)c1)C2c1ccccc1O. The predicted octanol–water partition coefficient (Wildman–Crippen LogP) is 6.26. The average Bonchev–Trinajstić information content (AvgIpc) is 3.29. The van der Waals surface area contributed by atoms with Crippen molar-refractivity contribution < 1.29 is 29.5 Å². The number of rotatable bonds is 6. The van der Waals surface area contributed by atoms with Gasteiger partial charge in [-0.25, -0.2) is 0 Å². The second kappa shape index (κ2) is 9.58. The van der Waals surface area contributed by atoms with Crippen LogP contribution in [0.2, 0.25) is 0 Å². The smallest absolute Gasteiger partial charge is 0.200 e. The first-order chi connectivity index (χ1) is 17.5. The van der Waals surface area contributed by atoms with Crippen LogP contribution in [-0.2, 0) is 0 Å². The van der Waals surface area contributed by atoms with Gasteiger partial charge in [-0.15, -0.1) is 0 Å². The molecule has 2 atom stereocenters. The lowest BCUT2D eigenvalue weighted by atomic mass is 9.82. The molecule has 0 radical (unpaired) electrons. The van der Waals surface area contributed by atoms with Crippen LogP contribution >= 0.6 is 0 Å². The van der Waals surface area contributed by atoms with E-state index in [1.165, 1.54) is 13.2 Å². The molecule has 1 aliphatic rings. The van der Waals surface area contributed by atoms with E-state index in [1.54, 1.807) is 25.3 Å². The number of hydrogen-bond donors (Lipinski definition) is 3. The van der Waals surface area contributed by atoms with E-state index in [-0.39, 0.29) is 23.0 Å². The topological polar surface area (TPSA) is 88.4 Å². The van der Waals surface area contributed by atoms with Gasteiger partial charge in [0.2, 0.25) is 5.75 Å². The zero-order valence-electron chi connectivity index (χ0n) is 19.9. The summed E-state index contributed by atoms with van der Waals surface area (Å²) in [5.74, 6) is 0.410. The highest BCUT2D eigenvalue weighted by atomic mass is 16.5. The normalized spacial score (nSPS) is 16.5. The number of ether oxygens (including phenoxy) is 3. The number of phenols is 3. The summed E-state index contributed by atoms with van der Waals surface area (Å²) in [5, 5.41) is 31.4. The van der Waals surface area contributed by atoms with Crippen molar-refractivity contribution in [2.75, 3.05) is 14.2 Å². The Hall–Kier alpha value is -4.58. The van der Waals surface area contributed by atoms with E-state index in [4.69, 9.17) is 14.2 Å². The van der Waals surface area contributed by atoms with Gasteiger partial charge in [0.15, 0.2) is 11.5 Å². The van der Waals surface area contributed by atoms with E-state index in [1.807, 2.05) is 66.7 Å². The molecule has 1 aliphatic heterocycles. The number of para-hydroxylation sites is 1. The van der Waals surface area contributed by atoms with Gasteiger partial charge in [-0.05, 0) is 35.4 Å². The maximum Gasteiger partial charge on any atom is 0.200 e. The number of methoxy groups -OCH3 is 2. The van der Waals surface area contributed by atoms with Gasteiger partial charge in [-0.3, -0.25) is 0 Å². The highest BCUT2D eigenvalue weighted by Gasteiger charge is 2.40. The molecule has 0 spiro atoms. The summed E-state index contributed by atoms with van der Waals surface area (Å²) in [6.45, 7) is 0. The van der Waals surface area contributed by atoms with Crippen LogP contribution in [0.15, 0.2) is 78.9 Å². The number of aromatic hydroxyl groups is 3. The second-order valence-corrected chi connectivity index (χ2v) is 8.54. The molecule has 182 valence electrons. The van der Waals surface area contributed by atoms with Gasteiger partial charge in [0, 0.05) is 22.8 Å². The van der Waals surface area contributed by atoms with Gasteiger partial charge in [-0.2, -0.15) is 0 Å². The van der Waals surface area contributed by atoms with Crippen molar-refractivity contribution in [1.29, 1.82) is 0 Å². The first-order valence-corrected chi connectivity index (χ1v) is 11.5. The van der Waals surface area contributed by atoms with Crippen LogP contribution in [-0.4, -0.2) is 29.5 Å². The van der Waals surface area contributed by atoms with Crippen LogP contribution in [0.25, 0.3) is 12.2 Å². The third-order valence-corrected chi connectivity index (χ3v) is 6.40. The zero-order valence-corrected chi connectivity index (χ0v) is 19.9. The Morgan fingerprint density at radius 1 is 0.778 bits per heavy atom. The summed E-state index contributed by atoms with van der Waals surface area (Å²) in [6, 6.07) is 23.9. The number of phenolic OH excluding ortho intramolecular Hbond substituents is 3. The molecule has 0 aromatic heterocycles. The Morgan fingerprint density at radius 3 is 2.25 bits per heavy atom. The van der Waals surface area contributed by atoms with Crippen molar-refractivity contribution >= 4 is 12.2 Å². The molecule has 1 heterocycles. The molecule has 36 heavy (non-hydrogen) atoms. The number of hydrogen-bond acceptors (Lipinski definition) is 6. The van der Waals surface area contributed by atoms with E-state index in [2.05, 4.69) is 0 Å². The molecule has 0 bridgehead atoms. The lowest BCUT2D eigenvalue weighted by Crippen LogP contribution is -2.12. The third kappa shape index (κ3) is 4.18. The molecule has 2 unspecified atom stereocenters. The molecule has 4 aromatic carbocycles. The van der Waals surface area contributed by atoms with Crippen LogP contribution in [0.1, 0.15) is 39.8 Å². The van der Waals surface area contributed by atoms with Crippen LogP contribution in [0.4, 0.5) is 0 Å². The third-order valence-electron chi connectivity index (χ3n) is 6.40. The van der Waals surface area contributed by atoms with Crippen molar-refractivity contribution in [3.8, 4) is 34.5 Å². The highest BCUT2D eigenvalue weighted by molar-refractivity contribution is 5.75. The average molecular weight is 483 g/mol. The largest absolute Gasteiger partial charge is 0.508 e. The minimum Gasteiger partial charge on any atom is -0.508 e. The molecule has 5 rings (SSSR count). The van der Waals surface area contributed by atoms with Crippen molar-refractivity contribution in [3.05, 3.63) is 107 Å². The zero-order chi connectivity index (χ0) is 25.2. The molecule has 6 nitrogen and oxygen atoms in total. The molecule has 0 saturated heterocycles. The molecule has 4 aromatic rings. The quantitative estimate of drug-likeness (QED) is 0.222. The summed E-state index contributed by atoms with van der Waals surface area (Å²) >= 11 is 0. The van der Waals surface area contributed by atoms with Gasteiger partial charge in [0.25, 0.3) is 0 Å².